The van der Waals surface area contributed by atoms with Crippen molar-refractivity contribution in [3.05, 3.63) is 35.3 Å². The Morgan fingerprint density at radius 3 is 2.10 bits per heavy atom. The Morgan fingerprint density at radius 1 is 1.20 bits per heavy atom. The van der Waals surface area contributed by atoms with Crippen molar-refractivity contribution in [1.82, 2.24) is 0 Å². The third kappa shape index (κ3) is 1.89. The lowest BCUT2D eigenvalue weighted by atomic mass is 10.2. The summed E-state index contributed by atoms with van der Waals surface area (Å²) in [6.45, 7) is 0. The molecule has 0 saturated carbocycles. The minimum Gasteiger partial charge on any atom is -0.122 e. The molecule has 0 aliphatic carbocycles. The van der Waals surface area contributed by atoms with Gasteiger partial charge in [0.05, 0.1) is 5.48 Å². The number of halogens is 2. The molecule has 0 bridgehead atoms. The molecule has 54 valence electrons. The summed E-state index contributed by atoms with van der Waals surface area (Å²) in [6.07, 6.45) is 0. The predicted molar refractivity (Wildman–Crippen MR) is 45.6 cm³/mol. The van der Waals surface area contributed by atoms with Crippen LogP contribution in [-0.2, 0) is 11.8 Å². The van der Waals surface area contributed by atoms with Gasteiger partial charge in [0, 0.05) is 11.8 Å². The van der Waals surface area contributed by atoms with E-state index < -0.39 is 0 Å². The van der Waals surface area contributed by atoms with Crippen LogP contribution in [0.15, 0.2) is 24.2 Å². The lowest BCUT2D eigenvalue weighted by Crippen LogP contribution is -1.80. The van der Waals surface area contributed by atoms with Crippen molar-refractivity contribution < 1.29 is 5.48 Å². The first-order valence-electron chi connectivity index (χ1n) is 4.74. The Bertz CT molecular complexity index is 334. The molecule has 1 aromatic rings. The van der Waals surface area contributed by atoms with Crippen molar-refractivity contribution in [3.8, 4) is 0 Å². The van der Waals surface area contributed by atoms with Gasteiger partial charge < -0.3 is 0 Å². The Balaban J connectivity index is 3.56. The molecule has 2 heteroatoms. The average Bonchev–Trinajstić information content (AvgIpc) is 2.16. The summed E-state index contributed by atoms with van der Waals surface area (Å²) in [5, 5.41) is 0. The van der Waals surface area contributed by atoms with Gasteiger partial charge in [-0.3, -0.25) is 0 Å². The number of rotatable bonds is 2. The van der Waals surface area contributed by atoms with Crippen LogP contribution in [0, 0.1) is 0 Å². The van der Waals surface area contributed by atoms with Crippen LogP contribution in [0.25, 0.3) is 0 Å². The maximum atomic E-state index is 7.63. The summed E-state index contributed by atoms with van der Waals surface area (Å²) in [4.78, 5) is 0. The van der Waals surface area contributed by atoms with Crippen molar-refractivity contribution >= 4 is 23.2 Å². The summed E-state index contributed by atoms with van der Waals surface area (Å²) in [6, 6.07) is -0.499. The highest BCUT2D eigenvalue weighted by Gasteiger charge is 1.91. The van der Waals surface area contributed by atoms with E-state index >= 15 is 0 Å². The Kier molecular flexibility index (Phi) is 1.53. The van der Waals surface area contributed by atoms with E-state index in [0.717, 1.165) is 0 Å². The largest absolute Gasteiger partial charge is 0.122 e. The van der Waals surface area contributed by atoms with Crippen molar-refractivity contribution in [1.29, 1.82) is 0 Å². The van der Waals surface area contributed by atoms with Crippen LogP contribution >= 0.6 is 23.2 Å². The molecule has 0 aromatic heterocycles. The third-order valence-corrected chi connectivity index (χ3v) is 1.53. The molecule has 0 atom stereocenters. The van der Waals surface area contributed by atoms with Gasteiger partial charge in [0.25, 0.3) is 0 Å². The van der Waals surface area contributed by atoms with Gasteiger partial charge in [-0.25, -0.2) is 0 Å². The van der Waals surface area contributed by atoms with Crippen LogP contribution in [0.1, 0.15) is 16.6 Å². The average molecular weight is 179 g/mol. The lowest BCUT2D eigenvalue weighted by molar-refractivity contribution is 1.32. The fourth-order valence-corrected chi connectivity index (χ4v) is 0.828. The molecule has 0 heterocycles. The molecule has 0 spiro atoms. The molecule has 0 saturated heterocycles. The zero-order valence-corrected chi connectivity index (χ0v) is 6.68. The summed E-state index contributed by atoms with van der Waals surface area (Å²) >= 11 is 11.1. The fourth-order valence-electron chi connectivity index (χ4n) is 0.560. The summed E-state index contributed by atoms with van der Waals surface area (Å²) < 4.78 is 30.1. The normalized spacial score (nSPS) is 15.4. The zero-order valence-electron chi connectivity index (χ0n) is 9.17. The van der Waals surface area contributed by atoms with Crippen LogP contribution in [-0.4, -0.2) is 0 Å². The van der Waals surface area contributed by atoms with Crippen LogP contribution in [0.3, 0.4) is 0 Å². The first-order chi connectivity index (χ1) is 6.54. The van der Waals surface area contributed by atoms with Gasteiger partial charge >= 0.3 is 0 Å². The van der Waals surface area contributed by atoms with Crippen molar-refractivity contribution in [2.75, 3.05) is 0 Å². The van der Waals surface area contributed by atoms with E-state index in [1.165, 1.54) is 0 Å². The van der Waals surface area contributed by atoms with Gasteiger partial charge in [-0.1, -0.05) is 24.2 Å². The molecule has 1 aromatic carbocycles. The van der Waals surface area contributed by atoms with Gasteiger partial charge in [0.15, 0.2) is 0 Å². The summed E-state index contributed by atoms with van der Waals surface area (Å²) in [5.41, 5.74) is 0.534. The van der Waals surface area contributed by atoms with E-state index in [9.17, 15) is 0 Å². The highest BCUT2D eigenvalue weighted by Crippen LogP contribution is 2.09. The molecule has 0 radical (unpaired) electrons. The van der Waals surface area contributed by atoms with Crippen molar-refractivity contribution in [2.24, 2.45) is 0 Å². The Morgan fingerprint density at radius 2 is 1.70 bits per heavy atom. The smallest absolute Gasteiger partial charge is 0.0629 e. The molecule has 0 aliphatic heterocycles. The van der Waals surface area contributed by atoms with Crippen LogP contribution in [0.2, 0.25) is 0 Å². The molecule has 0 N–H and O–H groups in total. The molecular formula is C8H8Cl2. The summed E-state index contributed by atoms with van der Waals surface area (Å²) in [5.74, 6) is -0.0125. The maximum absolute atomic E-state index is 7.63. The minimum atomic E-state index is -0.215. The van der Waals surface area contributed by atoms with Crippen LogP contribution in [0.5, 0.6) is 0 Å². The van der Waals surface area contributed by atoms with Gasteiger partial charge in [-0.2, -0.15) is 0 Å². The second-order valence-electron chi connectivity index (χ2n) is 1.72. The maximum Gasteiger partial charge on any atom is 0.0629 e. The first kappa shape index (κ1) is 3.99. The minimum absolute atomic E-state index is 0.00623. The fraction of sp³-hybridized carbons (Fsp3) is 0.250. The molecule has 0 aliphatic rings. The van der Waals surface area contributed by atoms with E-state index in [2.05, 4.69) is 0 Å². The van der Waals surface area contributed by atoms with Gasteiger partial charge in [0.2, 0.25) is 0 Å². The Hall–Kier alpha value is -0.200. The predicted octanol–water partition coefficient (Wildman–Crippen LogP) is 3.16. The van der Waals surface area contributed by atoms with Crippen molar-refractivity contribution in [2.45, 2.75) is 11.8 Å². The number of hydrogen-bond acceptors (Lipinski definition) is 0. The van der Waals surface area contributed by atoms with E-state index in [4.69, 9.17) is 28.7 Å². The standard InChI is InChI=1S/C8H8Cl2/c9-5-7-2-1-3-8(4-7)6-10/h1-4H,5-6H2/i1D,2D,3D,4D. The van der Waals surface area contributed by atoms with E-state index in [1.54, 1.807) is 0 Å². The van der Waals surface area contributed by atoms with E-state index in [1.807, 2.05) is 0 Å². The molecule has 0 fully saturated rings. The molecular weight excluding hydrogens is 167 g/mol. The molecule has 1 rings (SSSR count). The second-order valence-corrected chi connectivity index (χ2v) is 2.26. The quantitative estimate of drug-likeness (QED) is 0.611. The lowest BCUT2D eigenvalue weighted by Gasteiger charge is -1.96. The topological polar surface area (TPSA) is 0 Å². The van der Waals surface area contributed by atoms with Gasteiger partial charge in [-0.15, -0.1) is 23.2 Å². The second kappa shape index (κ2) is 3.85. The monoisotopic (exact) mass is 178 g/mol. The van der Waals surface area contributed by atoms with Gasteiger partial charge in [0.1, 0.15) is 0 Å². The molecule has 0 amide bonds. The van der Waals surface area contributed by atoms with E-state index in [0.29, 0.717) is 0 Å². The van der Waals surface area contributed by atoms with Crippen LogP contribution < -0.4 is 0 Å². The number of alkyl halides is 2. The molecule has 0 unspecified atom stereocenters. The highest BCUT2D eigenvalue weighted by atomic mass is 35.5. The van der Waals surface area contributed by atoms with Crippen molar-refractivity contribution in [3.63, 3.8) is 0 Å². The number of benzene rings is 1. The third-order valence-electron chi connectivity index (χ3n) is 0.996. The van der Waals surface area contributed by atoms with Gasteiger partial charge in [-0.05, 0) is 11.1 Å². The van der Waals surface area contributed by atoms with E-state index in [-0.39, 0.29) is 47.1 Å². The number of hydrogen-bond donors (Lipinski definition) is 0. The zero-order chi connectivity index (χ0) is 10.9. The molecule has 10 heavy (non-hydrogen) atoms. The van der Waals surface area contributed by atoms with Crippen LogP contribution in [0.4, 0.5) is 0 Å². The highest BCUT2D eigenvalue weighted by molar-refractivity contribution is 6.17. The Labute approximate surface area is 76.4 Å². The first-order valence-corrected chi connectivity index (χ1v) is 3.81. The SMILES string of the molecule is [2H]c1c([2H])c(CCl)c([2H])c(CCl)c1[2H]. The molecule has 0 nitrogen and oxygen atoms in total. The summed E-state index contributed by atoms with van der Waals surface area (Å²) in [7, 11) is 0.